The molecule has 3 N–H and O–H groups in total. The predicted octanol–water partition coefficient (Wildman–Crippen LogP) is 3.02. The highest BCUT2D eigenvalue weighted by Crippen LogP contribution is 2.39. The second-order valence-corrected chi connectivity index (χ2v) is 6.14. The average molecular weight is 344 g/mol. The normalized spacial score (nSPS) is 18.9. The summed E-state index contributed by atoms with van der Waals surface area (Å²) in [6, 6.07) is 3.20. The van der Waals surface area contributed by atoms with Crippen LogP contribution in [-0.4, -0.2) is 25.4 Å². The molecule has 0 saturated heterocycles. The topological polar surface area (TPSA) is 64.7 Å². The lowest BCUT2D eigenvalue weighted by Gasteiger charge is -2.26. The van der Waals surface area contributed by atoms with Crippen LogP contribution in [0.2, 0.25) is 0 Å². The van der Waals surface area contributed by atoms with E-state index in [1.54, 1.807) is 14.2 Å². The Balaban J connectivity index is 2.29. The van der Waals surface area contributed by atoms with Crippen LogP contribution in [0.4, 0.5) is 0 Å². The molecule has 0 radical (unpaired) electrons. The van der Waals surface area contributed by atoms with Crippen LogP contribution in [0.15, 0.2) is 16.6 Å². The van der Waals surface area contributed by atoms with Crippen LogP contribution in [0.3, 0.4) is 0 Å². The Morgan fingerprint density at radius 1 is 1.20 bits per heavy atom. The van der Waals surface area contributed by atoms with Gasteiger partial charge in [-0.15, -0.1) is 0 Å². The van der Waals surface area contributed by atoms with E-state index in [1.807, 2.05) is 12.1 Å². The molecule has 0 spiro atoms. The molecule has 20 heavy (non-hydrogen) atoms. The number of methoxy groups -OCH3 is 2. The third-order valence-corrected chi connectivity index (χ3v) is 4.73. The van der Waals surface area contributed by atoms with Crippen molar-refractivity contribution in [3.8, 4) is 11.5 Å². The van der Waals surface area contributed by atoms with Gasteiger partial charge in [-0.3, -0.25) is 0 Å². The molecule has 1 aliphatic carbocycles. The van der Waals surface area contributed by atoms with Crippen molar-refractivity contribution in [1.82, 2.24) is 0 Å². The van der Waals surface area contributed by atoms with Gasteiger partial charge in [0.25, 0.3) is 0 Å². The second-order valence-electron chi connectivity index (χ2n) is 5.29. The van der Waals surface area contributed by atoms with Crippen LogP contribution in [0.5, 0.6) is 11.5 Å². The Morgan fingerprint density at radius 3 is 2.35 bits per heavy atom. The summed E-state index contributed by atoms with van der Waals surface area (Å²) in [5.74, 6) is 1.64. The van der Waals surface area contributed by atoms with E-state index in [4.69, 9.17) is 15.2 Å². The molecule has 0 aromatic heterocycles. The van der Waals surface area contributed by atoms with E-state index in [0.29, 0.717) is 11.5 Å². The molecule has 0 bridgehead atoms. The zero-order valence-corrected chi connectivity index (χ0v) is 13.5. The molecule has 2 rings (SSSR count). The first kappa shape index (κ1) is 15.6. The van der Waals surface area contributed by atoms with E-state index in [-0.39, 0.29) is 5.92 Å². The first-order valence-corrected chi connectivity index (χ1v) is 7.72. The fourth-order valence-corrected chi connectivity index (χ4v) is 3.40. The minimum Gasteiger partial charge on any atom is -0.496 e. The van der Waals surface area contributed by atoms with Crippen LogP contribution < -0.4 is 15.2 Å². The van der Waals surface area contributed by atoms with Crippen LogP contribution in [0.1, 0.15) is 37.3 Å². The fraction of sp³-hybridized carbons (Fsp3) is 0.600. The highest BCUT2D eigenvalue weighted by molar-refractivity contribution is 9.10. The molecule has 112 valence electrons. The number of halogens is 1. The smallest absolute Gasteiger partial charge is 0.133 e. The predicted molar refractivity (Wildman–Crippen MR) is 82.1 cm³/mol. The number of hydrogen-bond donors (Lipinski definition) is 2. The summed E-state index contributed by atoms with van der Waals surface area (Å²) < 4.78 is 11.5. The number of ether oxygens (including phenoxy) is 2. The van der Waals surface area contributed by atoms with E-state index >= 15 is 0 Å². The molecule has 0 unspecified atom stereocenters. The van der Waals surface area contributed by atoms with E-state index < -0.39 is 12.1 Å². The Bertz CT molecular complexity index is 461. The van der Waals surface area contributed by atoms with Crippen molar-refractivity contribution in [2.24, 2.45) is 11.7 Å². The molecule has 0 amide bonds. The summed E-state index contributed by atoms with van der Waals surface area (Å²) in [7, 11) is 3.21. The number of nitrogens with two attached hydrogens (primary N) is 1. The molecule has 1 aliphatic rings. The van der Waals surface area contributed by atoms with Crippen molar-refractivity contribution in [3.05, 3.63) is 22.2 Å². The Labute approximate surface area is 128 Å². The van der Waals surface area contributed by atoms with Gasteiger partial charge in [0.1, 0.15) is 11.5 Å². The third-order valence-electron chi connectivity index (χ3n) is 4.11. The zero-order valence-electron chi connectivity index (χ0n) is 11.9. The third kappa shape index (κ3) is 3.10. The van der Waals surface area contributed by atoms with E-state index in [0.717, 1.165) is 22.9 Å². The quantitative estimate of drug-likeness (QED) is 0.862. The largest absolute Gasteiger partial charge is 0.496 e. The summed E-state index contributed by atoms with van der Waals surface area (Å²) in [5.41, 5.74) is 7.05. The SMILES string of the molecule is COc1cc([C@@H](N)[C@@H](O)C2CCCC2)c(OC)cc1Br. The lowest BCUT2D eigenvalue weighted by Crippen LogP contribution is -2.32. The summed E-state index contributed by atoms with van der Waals surface area (Å²) in [5, 5.41) is 10.5. The summed E-state index contributed by atoms with van der Waals surface area (Å²) in [6.45, 7) is 0. The van der Waals surface area contributed by atoms with Crippen LogP contribution in [-0.2, 0) is 0 Å². The minimum absolute atomic E-state index is 0.282. The Morgan fingerprint density at radius 2 is 1.80 bits per heavy atom. The van der Waals surface area contributed by atoms with Gasteiger partial charge in [-0.25, -0.2) is 0 Å². The van der Waals surface area contributed by atoms with Crippen molar-refractivity contribution in [2.75, 3.05) is 14.2 Å². The number of hydrogen-bond acceptors (Lipinski definition) is 4. The van der Waals surface area contributed by atoms with Crippen molar-refractivity contribution in [1.29, 1.82) is 0 Å². The molecular weight excluding hydrogens is 322 g/mol. The Kier molecular flexibility index (Phi) is 5.29. The van der Waals surface area contributed by atoms with Crippen molar-refractivity contribution in [2.45, 2.75) is 37.8 Å². The highest BCUT2D eigenvalue weighted by Gasteiger charge is 2.30. The molecule has 1 aromatic carbocycles. The number of rotatable bonds is 5. The number of benzene rings is 1. The average Bonchev–Trinajstić information content (AvgIpc) is 2.99. The van der Waals surface area contributed by atoms with Crippen molar-refractivity contribution in [3.63, 3.8) is 0 Å². The Hall–Kier alpha value is -0.780. The van der Waals surface area contributed by atoms with E-state index in [2.05, 4.69) is 15.9 Å². The van der Waals surface area contributed by atoms with Crippen LogP contribution >= 0.6 is 15.9 Å². The molecule has 1 fully saturated rings. The van der Waals surface area contributed by atoms with Gasteiger partial charge in [-0.1, -0.05) is 12.8 Å². The monoisotopic (exact) mass is 343 g/mol. The van der Waals surface area contributed by atoms with Gasteiger partial charge in [0.2, 0.25) is 0 Å². The summed E-state index contributed by atoms with van der Waals surface area (Å²) in [4.78, 5) is 0. The van der Waals surface area contributed by atoms with E-state index in [1.165, 1.54) is 12.8 Å². The lowest BCUT2D eigenvalue weighted by molar-refractivity contribution is 0.0835. The maximum atomic E-state index is 10.5. The first-order chi connectivity index (χ1) is 9.58. The molecule has 5 heteroatoms. The van der Waals surface area contributed by atoms with Gasteiger partial charge < -0.3 is 20.3 Å². The summed E-state index contributed by atoms with van der Waals surface area (Å²) >= 11 is 3.43. The molecular formula is C15H22BrNO3. The molecule has 1 saturated carbocycles. The van der Waals surface area contributed by atoms with Gasteiger partial charge in [0.15, 0.2) is 0 Å². The highest BCUT2D eigenvalue weighted by atomic mass is 79.9. The lowest BCUT2D eigenvalue weighted by atomic mass is 9.90. The van der Waals surface area contributed by atoms with Crippen molar-refractivity contribution >= 4 is 15.9 Å². The second kappa shape index (κ2) is 6.78. The fourth-order valence-electron chi connectivity index (χ4n) is 2.92. The number of aliphatic hydroxyl groups is 1. The molecule has 1 aromatic rings. The molecule has 0 heterocycles. The zero-order chi connectivity index (χ0) is 14.7. The summed E-state index contributed by atoms with van der Waals surface area (Å²) in [6.07, 6.45) is 3.90. The van der Waals surface area contributed by atoms with Gasteiger partial charge in [0.05, 0.1) is 30.8 Å². The molecule has 0 aliphatic heterocycles. The standard InChI is InChI=1S/C15H22BrNO3/c1-19-12-8-11(16)13(20-2)7-10(12)14(17)15(18)9-5-3-4-6-9/h7-9,14-15,18H,3-6,17H2,1-2H3/t14-,15+/m1/s1. The van der Waals surface area contributed by atoms with Gasteiger partial charge >= 0.3 is 0 Å². The van der Waals surface area contributed by atoms with Crippen LogP contribution in [0.25, 0.3) is 0 Å². The van der Waals surface area contributed by atoms with Crippen molar-refractivity contribution < 1.29 is 14.6 Å². The first-order valence-electron chi connectivity index (χ1n) is 6.93. The number of aliphatic hydroxyl groups excluding tert-OH is 1. The molecule has 4 nitrogen and oxygen atoms in total. The van der Waals surface area contributed by atoms with Gasteiger partial charge in [-0.2, -0.15) is 0 Å². The van der Waals surface area contributed by atoms with Gasteiger partial charge in [-0.05, 0) is 46.8 Å². The van der Waals surface area contributed by atoms with E-state index in [9.17, 15) is 5.11 Å². The minimum atomic E-state index is -0.544. The maximum Gasteiger partial charge on any atom is 0.133 e. The van der Waals surface area contributed by atoms with Crippen LogP contribution in [0, 0.1) is 5.92 Å². The van der Waals surface area contributed by atoms with Gasteiger partial charge in [0, 0.05) is 5.56 Å². The maximum absolute atomic E-state index is 10.5. The molecule has 2 atom stereocenters.